The van der Waals surface area contributed by atoms with Crippen LogP contribution in [0.3, 0.4) is 0 Å². The molecule has 62 heavy (non-hydrogen) atoms. The number of nitrogens with zero attached hydrogens (tertiary/aromatic N) is 2. The van der Waals surface area contributed by atoms with Crippen molar-refractivity contribution in [1.29, 1.82) is 0 Å². The van der Waals surface area contributed by atoms with Gasteiger partial charge >= 0.3 is 7.67 Å². The van der Waals surface area contributed by atoms with E-state index in [4.69, 9.17) is 72.5 Å². The molecule has 4 N–H and O–H groups in total. The highest BCUT2D eigenvalue weighted by Gasteiger charge is 2.24. The van der Waals surface area contributed by atoms with Crippen molar-refractivity contribution in [2.45, 2.75) is 0 Å². The summed E-state index contributed by atoms with van der Waals surface area (Å²) in [5.41, 5.74) is 13.5. The Balaban J connectivity index is 1.34. The number of halogens is 5. The topological polar surface area (TPSA) is 108 Å². The third kappa shape index (κ3) is 8.89. The minimum absolute atomic E-state index is 0.255. The molecule has 310 valence electrons. The summed E-state index contributed by atoms with van der Waals surface area (Å²) in [4.78, 5) is 18.2. The van der Waals surface area contributed by atoms with Gasteiger partial charge in [-0.1, -0.05) is 83.3 Å². The zero-order chi connectivity index (χ0) is 42.8. The molecule has 3 aromatic heterocycles. The second-order valence-corrected chi connectivity index (χ2v) is 18.4. The highest BCUT2D eigenvalue weighted by molar-refractivity contribution is 7.55. The van der Waals surface area contributed by atoms with Gasteiger partial charge in [-0.25, -0.2) is 24.7 Å². The van der Waals surface area contributed by atoms with Crippen LogP contribution < -0.4 is 14.7 Å². The van der Waals surface area contributed by atoms with Crippen LogP contribution in [0.1, 0.15) is 22.8 Å². The molecule has 4 aromatic carbocycles. The molecule has 0 atom stereocenters. The number of rotatable bonds is 12. The standard InChI is InChI=1S/C48H36Cl5N6O2P/c49-25-27-54-62(60,55-28-26-50)61-36-15-7-32(8-16-36)48-43-23-21-41(58-43)46(30-3-11-34(52)12-4-30)39-19-17-37(56-39)45(29-1-9-33(51)10-2-29)38-18-20-40(57-38)47(42-22-24-44(48)59-42)31-5-13-35(53)14-6-31/h1-24,56,59H,25-28H2,(H2,54,55,60). The van der Waals surface area contributed by atoms with E-state index in [1.54, 1.807) is 12.1 Å². The van der Waals surface area contributed by atoms with Crippen molar-refractivity contribution in [3.63, 3.8) is 0 Å². The number of alkyl halides is 2. The molecular weight excluding hydrogens is 901 g/mol. The number of H-pyrrole nitrogens is 2. The number of benzene rings is 4. The minimum Gasteiger partial charge on any atom is -0.422 e. The molecule has 2 aliphatic heterocycles. The molecule has 9 rings (SSSR count). The third-order valence-electron chi connectivity index (χ3n) is 10.4. The summed E-state index contributed by atoms with van der Waals surface area (Å²) < 4.78 is 19.7. The summed E-state index contributed by atoms with van der Waals surface area (Å²) in [6.45, 7) is 0.558. The number of nitrogens with one attached hydrogen (secondary N) is 4. The number of hydrogen-bond donors (Lipinski definition) is 4. The minimum atomic E-state index is -3.51. The van der Waals surface area contributed by atoms with E-state index in [1.165, 1.54) is 0 Å². The summed E-state index contributed by atoms with van der Waals surface area (Å²) in [6.07, 6.45) is 8.13. The molecule has 0 saturated carbocycles. The van der Waals surface area contributed by atoms with Crippen molar-refractivity contribution in [1.82, 2.24) is 30.1 Å². The normalized spacial score (nSPS) is 12.3. The Labute approximate surface area is 383 Å². The number of fused-ring (bicyclic) bond motifs is 8. The van der Waals surface area contributed by atoms with Gasteiger partial charge in [0.05, 0.1) is 22.8 Å². The van der Waals surface area contributed by atoms with Crippen molar-refractivity contribution in [3.8, 4) is 50.3 Å². The molecule has 0 aliphatic carbocycles. The van der Waals surface area contributed by atoms with E-state index >= 15 is 0 Å². The average molecular weight is 937 g/mol. The van der Waals surface area contributed by atoms with E-state index in [2.05, 4.69) is 38.3 Å². The van der Waals surface area contributed by atoms with Crippen LogP contribution in [0.5, 0.6) is 5.75 Å². The molecule has 0 radical (unpaired) electrons. The Morgan fingerprint density at radius 2 is 0.742 bits per heavy atom. The summed E-state index contributed by atoms with van der Waals surface area (Å²) in [7, 11) is -3.51. The van der Waals surface area contributed by atoms with E-state index in [-0.39, 0.29) is 24.8 Å². The first kappa shape index (κ1) is 42.2. The number of aromatic amines is 2. The smallest absolute Gasteiger partial charge is 0.390 e. The van der Waals surface area contributed by atoms with Crippen molar-refractivity contribution < 1.29 is 9.09 Å². The zero-order valence-corrected chi connectivity index (χ0v) is 37.4. The van der Waals surface area contributed by atoms with Crippen molar-refractivity contribution in [3.05, 3.63) is 159 Å². The molecule has 0 unspecified atom stereocenters. The highest BCUT2D eigenvalue weighted by Crippen LogP contribution is 2.42. The average Bonchev–Trinajstić information content (AvgIpc) is 4.13. The Bertz CT molecular complexity index is 3020. The molecule has 5 heterocycles. The first-order valence-electron chi connectivity index (χ1n) is 19.6. The zero-order valence-electron chi connectivity index (χ0n) is 32.7. The third-order valence-corrected chi connectivity index (χ3v) is 13.2. The van der Waals surface area contributed by atoms with E-state index < -0.39 is 7.67 Å². The quantitative estimate of drug-likeness (QED) is 0.0718. The lowest BCUT2D eigenvalue weighted by Crippen LogP contribution is -2.28. The van der Waals surface area contributed by atoms with Crippen LogP contribution in [0, 0.1) is 0 Å². The van der Waals surface area contributed by atoms with Gasteiger partial charge in [-0.15, -0.1) is 23.2 Å². The lowest BCUT2D eigenvalue weighted by atomic mass is 10.0. The first-order valence-corrected chi connectivity index (χ1v) is 23.5. The molecule has 7 aromatic rings. The number of hydrogen-bond acceptors (Lipinski definition) is 4. The van der Waals surface area contributed by atoms with Gasteiger partial charge in [0.15, 0.2) is 0 Å². The lowest BCUT2D eigenvalue weighted by molar-refractivity contribution is 0.455. The molecular formula is C48H36Cl5N6O2P. The van der Waals surface area contributed by atoms with Crippen LogP contribution in [-0.4, -0.2) is 44.8 Å². The van der Waals surface area contributed by atoms with Crippen LogP contribution in [0.2, 0.25) is 15.1 Å². The van der Waals surface area contributed by atoms with Gasteiger partial charge in [0.25, 0.3) is 0 Å². The lowest BCUT2D eigenvalue weighted by Gasteiger charge is -2.20. The predicted octanol–water partition coefficient (Wildman–Crippen LogP) is 14.4. The van der Waals surface area contributed by atoms with Gasteiger partial charge in [-0.05, 0) is 119 Å². The van der Waals surface area contributed by atoms with Crippen molar-refractivity contribution in [2.24, 2.45) is 0 Å². The Hall–Kier alpha value is -5.12. The van der Waals surface area contributed by atoms with Crippen LogP contribution in [0.15, 0.2) is 121 Å². The van der Waals surface area contributed by atoms with Gasteiger partial charge in [0, 0.05) is 84.2 Å². The maximum atomic E-state index is 13.7. The van der Waals surface area contributed by atoms with Gasteiger partial charge in [-0.3, -0.25) is 0 Å². The molecule has 14 heteroatoms. The fraction of sp³-hybridized carbons (Fsp3) is 0.0833. The molecule has 0 saturated heterocycles. The van der Waals surface area contributed by atoms with Crippen LogP contribution in [0.4, 0.5) is 0 Å². The number of aromatic nitrogens is 4. The molecule has 0 spiro atoms. The van der Waals surface area contributed by atoms with Crippen LogP contribution in [0.25, 0.3) is 90.9 Å². The Morgan fingerprint density at radius 3 is 1.03 bits per heavy atom. The molecule has 2 aliphatic rings. The van der Waals surface area contributed by atoms with Gasteiger partial charge in [-0.2, -0.15) is 0 Å². The van der Waals surface area contributed by atoms with Crippen molar-refractivity contribution >= 4 is 112 Å². The highest BCUT2D eigenvalue weighted by atomic mass is 35.5. The van der Waals surface area contributed by atoms with E-state index in [0.29, 0.717) is 20.8 Å². The maximum Gasteiger partial charge on any atom is 0.390 e. The fourth-order valence-corrected chi connectivity index (χ4v) is 9.90. The second-order valence-electron chi connectivity index (χ2n) is 14.4. The van der Waals surface area contributed by atoms with Gasteiger partial charge < -0.3 is 14.5 Å². The SMILES string of the molecule is O=P(NCCCl)(NCCCl)Oc1ccc(-c2c3nc(c(-c4ccc(Cl)cc4)c4ccc([nH]4)c(-c4ccc(Cl)cc4)c4nc(c(-c5ccc(Cl)cc5)c5ccc2[nH]5)C=C4)C=C3)cc1. The Kier molecular flexibility index (Phi) is 12.5. The van der Waals surface area contributed by atoms with Crippen molar-refractivity contribution in [2.75, 3.05) is 24.8 Å². The summed E-state index contributed by atoms with van der Waals surface area (Å²) in [6, 6.07) is 39.0. The maximum absolute atomic E-state index is 13.7. The van der Waals surface area contributed by atoms with Gasteiger partial charge in [0.2, 0.25) is 0 Å². The summed E-state index contributed by atoms with van der Waals surface area (Å²) in [5.74, 6) is 0.904. The first-order chi connectivity index (χ1) is 30.2. The molecule has 8 nitrogen and oxygen atoms in total. The van der Waals surface area contributed by atoms with E-state index in [1.807, 2.05) is 115 Å². The second kappa shape index (κ2) is 18.3. The van der Waals surface area contributed by atoms with Gasteiger partial charge in [0.1, 0.15) is 5.75 Å². The summed E-state index contributed by atoms with van der Waals surface area (Å²) in [5, 5.41) is 7.69. The molecule has 0 fully saturated rings. The Morgan fingerprint density at radius 1 is 0.452 bits per heavy atom. The molecule has 8 bridgehead atoms. The largest absolute Gasteiger partial charge is 0.422 e. The van der Waals surface area contributed by atoms with Crippen LogP contribution >= 0.6 is 65.7 Å². The van der Waals surface area contributed by atoms with E-state index in [9.17, 15) is 4.57 Å². The van der Waals surface area contributed by atoms with Crippen LogP contribution in [-0.2, 0) is 4.57 Å². The predicted molar refractivity (Wildman–Crippen MR) is 261 cm³/mol. The monoisotopic (exact) mass is 934 g/mol. The fourth-order valence-electron chi connectivity index (χ4n) is 7.60. The van der Waals surface area contributed by atoms with E-state index in [0.717, 1.165) is 89.4 Å². The summed E-state index contributed by atoms with van der Waals surface area (Å²) >= 11 is 31.1. The molecule has 0 amide bonds.